The van der Waals surface area contributed by atoms with Crippen molar-refractivity contribution in [1.29, 1.82) is 0 Å². The second-order valence-electron chi connectivity index (χ2n) is 6.92. The van der Waals surface area contributed by atoms with Gasteiger partial charge in [-0.05, 0) is 42.5 Å². The highest BCUT2D eigenvalue weighted by Crippen LogP contribution is 2.26. The molecule has 1 fully saturated rings. The Bertz CT molecular complexity index is 1020. The zero-order valence-corrected chi connectivity index (χ0v) is 16.9. The summed E-state index contributed by atoms with van der Waals surface area (Å²) in [5, 5.41) is 1.85. The third kappa shape index (κ3) is 4.60. The molecule has 0 spiro atoms. The van der Waals surface area contributed by atoms with Gasteiger partial charge < -0.3 is 18.6 Å². The lowest BCUT2D eigenvalue weighted by molar-refractivity contribution is 0.0394. The van der Waals surface area contributed by atoms with Crippen LogP contribution < -0.4 is 14.8 Å². The molecule has 6 heteroatoms. The van der Waals surface area contributed by atoms with Crippen LogP contribution in [-0.2, 0) is 4.74 Å². The van der Waals surface area contributed by atoms with E-state index in [0.29, 0.717) is 0 Å². The van der Waals surface area contributed by atoms with Crippen LogP contribution in [0, 0.1) is 0 Å². The topological polar surface area (TPSA) is 56.4 Å². The maximum Gasteiger partial charge on any atom is 0.137 e. The standard InChI is InChI=1S/C23H26N2O4/c1-26-18-5-3-17(4-6-18)23-16-21(24-9-10-25-11-13-28-14-12-25)20-15-19(27-2)7-8-22(20)29-23/h3-8,15-16H,9-14H2,1-2H3. The van der Waals surface area contributed by atoms with Gasteiger partial charge in [-0.25, -0.2) is 0 Å². The first-order valence-electron chi connectivity index (χ1n) is 9.84. The summed E-state index contributed by atoms with van der Waals surface area (Å²) in [6.07, 6.45) is 0. The number of rotatable bonds is 6. The molecule has 0 saturated carbocycles. The van der Waals surface area contributed by atoms with Crippen molar-refractivity contribution in [2.45, 2.75) is 0 Å². The Morgan fingerprint density at radius 2 is 1.66 bits per heavy atom. The first kappa shape index (κ1) is 19.5. The highest BCUT2D eigenvalue weighted by Gasteiger charge is 2.10. The van der Waals surface area contributed by atoms with Gasteiger partial charge in [0, 0.05) is 36.7 Å². The van der Waals surface area contributed by atoms with Crippen molar-refractivity contribution in [2.24, 2.45) is 4.99 Å². The average molecular weight is 394 g/mol. The van der Waals surface area contributed by atoms with Crippen LogP contribution in [0.5, 0.6) is 11.5 Å². The normalized spacial score (nSPS) is 15.6. The lowest BCUT2D eigenvalue weighted by Crippen LogP contribution is -2.37. The minimum Gasteiger partial charge on any atom is -0.497 e. The van der Waals surface area contributed by atoms with E-state index in [1.165, 1.54) is 0 Å². The molecule has 0 unspecified atom stereocenters. The maximum atomic E-state index is 6.17. The number of fused-ring (bicyclic) bond motifs is 1. The molecule has 1 aliphatic rings. The molecule has 0 amide bonds. The average Bonchev–Trinajstić information content (AvgIpc) is 2.79. The van der Waals surface area contributed by atoms with Crippen LogP contribution >= 0.6 is 0 Å². The lowest BCUT2D eigenvalue weighted by Gasteiger charge is -2.25. The van der Waals surface area contributed by atoms with Crippen LogP contribution in [0.25, 0.3) is 22.3 Å². The molecule has 6 nitrogen and oxygen atoms in total. The fourth-order valence-corrected chi connectivity index (χ4v) is 3.44. The Morgan fingerprint density at radius 3 is 2.38 bits per heavy atom. The van der Waals surface area contributed by atoms with Crippen molar-refractivity contribution in [2.75, 3.05) is 53.6 Å². The molecular formula is C23H26N2O4. The van der Waals surface area contributed by atoms with Gasteiger partial charge in [0.15, 0.2) is 0 Å². The summed E-state index contributed by atoms with van der Waals surface area (Å²) in [6, 6.07) is 15.7. The van der Waals surface area contributed by atoms with E-state index in [1.807, 2.05) is 48.5 Å². The van der Waals surface area contributed by atoms with Crippen LogP contribution in [0.15, 0.2) is 57.9 Å². The van der Waals surface area contributed by atoms with E-state index >= 15 is 0 Å². The Morgan fingerprint density at radius 1 is 0.931 bits per heavy atom. The lowest BCUT2D eigenvalue weighted by atomic mass is 10.1. The zero-order chi connectivity index (χ0) is 20.1. The summed E-state index contributed by atoms with van der Waals surface area (Å²) in [7, 11) is 3.33. The molecule has 152 valence electrons. The molecule has 0 aliphatic carbocycles. The quantitative estimate of drug-likeness (QED) is 0.642. The van der Waals surface area contributed by atoms with Crippen LogP contribution in [0.1, 0.15) is 0 Å². The highest BCUT2D eigenvalue weighted by atomic mass is 16.5. The van der Waals surface area contributed by atoms with Gasteiger partial charge in [0.05, 0.1) is 39.3 Å². The van der Waals surface area contributed by atoms with Crippen molar-refractivity contribution in [3.05, 3.63) is 53.9 Å². The predicted octanol–water partition coefficient (Wildman–Crippen LogP) is 3.35. The Hall–Kier alpha value is -2.83. The van der Waals surface area contributed by atoms with E-state index in [4.69, 9.17) is 23.6 Å². The van der Waals surface area contributed by atoms with E-state index in [-0.39, 0.29) is 0 Å². The summed E-state index contributed by atoms with van der Waals surface area (Å²) >= 11 is 0. The van der Waals surface area contributed by atoms with Crippen molar-refractivity contribution in [3.8, 4) is 22.8 Å². The van der Waals surface area contributed by atoms with Gasteiger partial charge >= 0.3 is 0 Å². The molecule has 1 aliphatic heterocycles. The van der Waals surface area contributed by atoms with Gasteiger partial charge in [-0.3, -0.25) is 9.89 Å². The Labute approximate surface area is 170 Å². The molecule has 29 heavy (non-hydrogen) atoms. The summed E-state index contributed by atoms with van der Waals surface area (Å²) in [5.74, 6) is 2.37. The van der Waals surface area contributed by atoms with Crippen molar-refractivity contribution < 1.29 is 18.6 Å². The van der Waals surface area contributed by atoms with Crippen LogP contribution in [0.2, 0.25) is 0 Å². The van der Waals surface area contributed by atoms with E-state index < -0.39 is 0 Å². The fraction of sp³-hybridized carbons (Fsp3) is 0.348. The Kier molecular flexibility index (Phi) is 6.12. The molecule has 1 saturated heterocycles. The molecule has 0 radical (unpaired) electrons. The summed E-state index contributed by atoms with van der Waals surface area (Å²) in [4.78, 5) is 7.28. The molecule has 0 N–H and O–H groups in total. The molecule has 2 heterocycles. The summed E-state index contributed by atoms with van der Waals surface area (Å²) in [5.41, 5.74) is 1.76. The van der Waals surface area contributed by atoms with Crippen LogP contribution in [0.4, 0.5) is 0 Å². The van der Waals surface area contributed by atoms with E-state index in [0.717, 1.165) is 78.5 Å². The first-order chi connectivity index (χ1) is 14.3. The number of hydrogen-bond donors (Lipinski definition) is 0. The summed E-state index contributed by atoms with van der Waals surface area (Å²) in [6.45, 7) is 5.16. The van der Waals surface area contributed by atoms with Crippen LogP contribution in [-0.4, -0.2) is 58.5 Å². The van der Waals surface area contributed by atoms with Gasteiger partial charge in [-0.1, -0.05) is 0 Å². The second kappa shape index (κ2) is 9.11. The highest BCUT2D eigenvalue weighted by molar-refractivity contribution is 5.80. The summed E-state index contributed by atoms with van der Waals surface area (Å²) < 4.78 is 22.3. The fourth-order valence-electron chi connectivity index (χ4n) is 3.44. The van der Waals surface area contributed by atoms with Gasteiger partial charge in [0.2, 0.25) is 0 Å². The number of morpholine rings is 1. The van der Waals surface area contributed by atoms with Crippen LogP contribution in [0.3, 0.4) is 0 Å². The van der Waals surface area contributed by atoms with Crippen molar-refractivity contribution in [1.82, 2.24) is 4.90 Å². The van der Waals surface area contributed by atoms with E-state index in [2.05, 4.69) is 4.90 Å². The minimum atomic E-state index is 0.721. The van der Waals surface area contributed by atoms with Gasteiger partial charge in [-0.2, -0.15) is 0 Å². The second-order valence-corrected chi connectivity index (χ2v) is 6.92. The zero-order valence-electron chi connectivity index (χ0n) is 16.9. The SMILES string of the molecule is COc1ccc(-c2cc(=NCCN3CCOCC3)c3cc(OC)ccc3o2)cc1. The van der Waals surface area contributed by atoms with E-state index in [1.54, 1.807) is 14.2 Å². The van der Waals surface area contributed by atoms with Gasteiger partial charge in [0.1, 0.15) is 22.8 Å². The Balaban J connectivity index is 1.70. The third-order valence-electron chi connectivity index (χ3n) is 5.13. The molecule has 3 aromatic rings. The van der Waals surface area contributed by atoms with Gasteiger partial charge in [0.25, 0.3) is 0 Å². The van der Waals surface area contributed by atoms with Crippen molar-refractivity contribution in [3.63, 3.8) is 0 Å². The third-order valence-corrected chi connectivity index (χ3v) is 5.13. The molecular weight excluding hydrogens is 368 g/mol. The number of nitrogens with zero attached hydrogens (tertiary/aromatic N) is 2. The van der Waals surface area contributed by atoms with Gasteiger partial charge in [-0.15, -0.1) is 0 Å². The van der Waals surface area contributed by atoms with Crippen molar-refractivity contribution >= 4 is 11.0 Å². The predicted molar refractivity (Wildman–Crippen MR) is 112 cm³/mol. The first-order valence-corrected chi connectivity index (χ1v) is 9.84. The minimum absolute atomic E-state index is 0.721. The number of ether oxygens (including phenoxy) is 3. The number of methoxy groups -OCH3 is 2. The molecule has 1 aromatic heterocycles. The maximum absolute atomic E-state index is 6.17. The molecule has 0 atom stereocenters. The molecule has 2 aromatic carbocycles. The van der Waals surface area contributed by atoms with E-state index in [9.17, 15) is 0 Å². The smallest absolute Gasteiger partial charge is 0.137 e. The largest absolute Gasteiger partial charge is 0.497 e. The molecule has 0 bridgehead atoms. The number of hydrogen-bond acceptors (Lipinski definition) is 6. The monoisotopic (exact) mass is 394 g/mol. The number of benzene rings is 2. The molecule has 4 rings (SSSR count).